The van der Waals surface area contributed by atoms with Crippen molar-refractivity contribution in [1.29, 1.82) is 0 Å². The van der Waals surface area contributed by atoms with E-state index >= 15 is 0 Å². The SMILES string of the molecule is CNCc1cn(CCCCCCSc2ccnc3cc(C(F)(F)F)ccc23)nn1. The number of fused-ring (bicyclic) bond motifs is 1. The predicted octanol–water partition coefficient (Wildman–Crippen LogP) is 4.92. The normalized spacial score (nSPS) is 12.0. The topological polar surface area (TPSA) is 55.6 Å². The predicted molar refractivity (Wildman–Crippen MR) is 109 cm³/mol. The van der Waals surface area contributed by atoms with Gasteiger partial charge in [-0.1, -0.05) is 24.1 Å². The van der Waals surface area contributed by atoms with Crippen molar-refractivity contribution >= 4 is 22.7 Å². The van der Waals surface area contributed by atoms with Gasteiger partial charge < -0.3 is 5.32 Å². The highest BCUT2D eigenvalue weighted by atomic mass is 32.2. The molecule has 0 aliphatic heterocycles. The molecule has 0 unspecified atom stereocenters. The van der Waals surface area contributed by atoms with Gasteiger partial charge in [-0.05, 0) is 43.8 Å². The van der Waals surface area contributed by atoms with E-state index in [9.17, 15) is 13.2 Å². The van der Waals surface area contributed by atoms with Crippen LogP contribution in [-0.4, -0.2) is 32.8 Å². The Morgan fingerprint density at radius 2 is 1.93 bits per heavy atom. The van der Waals surface area contributed by atoms with E-state index in [1.54, 1.807) is 18.0 Å². The molecule has 29 heavy (non-hydrogen) atoms. The molecule has 3 rings (SSSR count). The molecule has 9 heteroatoms. The summed E-state index contributed by atoms with van der Waals surface area (Å²) in [4.78, 5) is 5.07. The molecule has 0 atom stereocenters. The quantitative estimate of drug-likeness (QED) is 0.371. The minimum atomic E-state index is -4.35. The third-order valence-corrected chi connectivity index (χ3v) is 5.67. The molecule has 0 radical (unpaired) electrons. The molecule has 0 aliphatic carbocycles. The van der Waals surface area contributed by atoms with Gasteiger partial charge in [-0.25, -0.2) is 0 Å². The summed E-state index contributed by atoms with van der Waals surface area (Å²) >= 11 is 1.67. The molecule has 0 bridgehead atoms. The van der Waals surface area contributed by atoms with Crippen molar-refractivity contribution < 1.29 is 13.2 Å². The second-order valence-corrected chi connectivity index (χ2v) is 7.94. The zero-order valence-corrected chi connectivity index (χ0v) is 17.1. The van der Waals surface area contributed by atoms with E-state index in [1.165, 1.54) is 6.07 Å². The largest absolute Gasteiger partial charge is 0.416 e. The lowest BCUT2D eigenvalue weighted by atomic mass is 10.1. The number of rotatable bonds is 10. The number of alkyl halides is 3. The highest BCUT2D eigenvalue weighted by Crippen LogP contribution is 2.33. The molecule has 0 aliphatic rings. The highest BCUT2D eigenvalue weighted by Gasteiger charge is 2.30. The monoisotopic (exact) mass is 423 g/mol. The number of unbranched alkanes of at least 4 members (excludes halogenated alkanes) is 3. The van der Waals surface area contributed by atoms with E-state index in [4.69, 9.17) is 0 Å². The average molecular weight is 424 g/mol. The Labute approximate surface area is 172 Å². The van der Waals surface area contributed by atoms with Gasteiger partial charge in [0.25, 0.3) is 0 Å². The fraction of sp³-hybridized carbons (Fsp3) is 0.450. The molecule has 0 spiro atoms. The number of hydrogen-bond donors (Lipinski definition) is 1. The van der Waals surface area contributed by atoms with Crippen LogP contribution in [0.2, 0.25) is 0 Å². The molecule has 1 N–H and O–H groups in total. The molecular weight excluding hydrogens is 399 g/mol. The fourth-order valence-electron chi connectivity index (χ4n) is 3.05. The van der Waals surface area contributed by atoms with Gasteiger partial charge >= 0.3 is 6.18 Å². The van der Waals surface area contributed by atoms with Crippen molar-refractivity contribution in [2.45, 2.75) is 49.8 Å². The molecule has 0 amide bonds. The van der Waals surface area contributed by atoms with Crippen LogP contribution in [0.3, 0.4) is 0 Å². The third-order valence-electron chi connectivity index (χ3n) is 4.51. The van der Waals surface area contributed by atoms with Crippen LogP contribution in [0.15, 0.2) is 41.6 Å². The van der Waals surface area contributed by atoms with Gasteiger partial charge in [-0.15, -0.1) is 16.9 Å². The molecule has 5 nitrogen and oxygen atoms in total. The summed E-state index contributed by atoms with van der Waals surface area (Å²) in [5.74, 6) is 0.926. The lowest BCUT2D eigenvalue weighted by Gasteiger charge is -2.10. The van der Waals surface area contributed by atoms with E-state index in [2.05, 4.69) is 20.6 Å². The van der Waals surface area contributed by atoms with E-state index in [-0.39, 0.29) is 0 Å². The summed E-state index contributed by atoms with van der Waals surface area (Å²) in [6, 6.07) is 5.63. The number of hydrogen-bond acceptors (Lipinski definition) is 5. The standard InChI is InChI=1S/C20H24F3N5S/c1-24-13-16-14-28(27-26-16)10-4-2-3-5-11-29-19-8-9-25-18-12-15(20(21,22)23)6-7-17(18)19/h6-9,12,14,24H,2-5,10-11,13H2,1H3. The molecule has 0 fully saturated rings. The first kappa shape index (κ1) is 21.6. The Hall–Kier alpha value is -2.13. The van der Waals surface area contributed by atoms with Gasteiger partial charge in [0, 0.05) is 35.8 Å². The summed E-state index contributed by atoms with van der Waals surface area (Å²) in [5, 5.41) is 12.0. The molecule has 2 heterocycles. The summed E-state index contributed by atoms with van der Waals surface area (Å²) in [6.45, 7) is 1.58. The van der Waals surface area contributed by atoms with E-state index in [1.807, 2.05) is 24.0 Å². The van der Waals surface area contributed by atoms with Gasteiger partial charge in [0.2, 0.25) is 0 Å². The number of pyridine rings is 1. The van der Waals surface area contributed by atoms with Crippen molar-refractivity contribution in [3.63, 3.8) is 0 Å². The second-order valence-electron chi connectivity index (χ2n) is 6.80. The maximum Gasteiger partial charge on any atom is 0.416 e. The minimum Gasteiger partial charge on any atom is -0.314 e. The van der Waals surface area contributed by atoms with Gasteiger partial charge in [0.1, 0.15) is 0 Å². The molecule has 1 aromatic carbocycles. The summed E-state index contributed by atoms with van der Waals surface area (Å²) in [7, 11) is 1.88. The summed E-state index contributed by atoms with van der Waals surface area (Å²) in [5.41, 5.74) is 0.663. The van der Waals surface area contributed by atoms with Crippen molar-refractivity contribution in [3.8, 4) is 0 Å². The van der Waals surface area contributed by atoms with Crippen molar-refractivity contribution in [1.82, 2.24) is 25.3 Å². The van der Waals surface area contributed by atoms with Crippen LogP contribution in [0.25, 0.3) is 10.9 Å². The Kier molecular flexibility index (Phi) is 7.49. The van der Waals surface area contributed by atoms with E-state index in [0.717, 1.165) is 72.6 Å². The molecular formula is C20H24F3N5S. The van der Waals surface area contributed by atoms with Crippen LogP contribution in [0.5, 0.6) is 0 Å². The van der Waals surface area contributed by atoms with Crippen LogP contribution >= 0.6 is 11.8 Å². The van der Waals surface area contributed by atoms with Crippen LogP contribution in [0, 0.1) is 0 Å². The minimum absolute atomic E-state index is 0.385. The highest BCUT2D eigenvalue weighted by molar-refractivity contribution is 7.99. The number of benzene rings is 1. The molecule has 0 saturated heterocycles. The van der Waals surface area contributed by atoms with Crippen molar-refractivity contribution in [3.05, 3.63) is 47.9 Å². The summed E-state index contributed by atoms with van der Waals surface area (Å²) in [6.07, 6.45) is 3.50. The number of aromatic nitrogens is 4. The second kappa shape index (κ2) is 10.1. The van der Waals surface area contributed by atoms with Crippen LogP contribution < -0.4 is 5.32 Å². The summed E-state index contributed by atoms with van der Waals surface area (Å²) < 4.78 is 40.5. The number of thioether (sulfide) groups is 1. The van der Waals surface area contributed by atoms with Crippen LogP contribution in [0.4, 0.5) is 13.2 Å². The zero-order chi connectivity index (χ0) is 20.7. The maximum atomic E-state index is 12.9. The lowest BCUT2D eigenvalue weighted by molar-refractivity contribution is -0.137. The van der Waals surface area contributed by atoms with E-state index < -0.39 is 11.7 Å². The Morgan fingerprint density at radius 3 is 2.72 bits per heavy atom. The van der Waals surface area contributed by atoms with Crippen LogP contribution in [0.1, 0.15) is 36.9 Å². The molecule has 0 saturated carbocycles. The maximum absolute atomic E-state index is 12.9. The Morgan fingerprint density at radius 1 is 1.10 bits per heavy atom. The molecule has 156 valence electrons. The van der Waals surface area contributed by atoms with Gasteiger partial charge in [-0.3, -0.25) is 9.67 Å². The smallest absolute Gasteiger partial charge is 0.314 e. The average Bonchev–Trinajstić information content (AvgIpc) is 3.14. The van der Waals surface area contributed by atoms with Crippen molar-refractivity contribution in [2.24, 2.45) is 0 Å². The first-order valence-electron chi connectivity index (χ1n) is 9.60. The van der Waals surface area contributed by atoms with Crippen LogP contribution in [-0.2, 0) is 19.3 Å². The van der Waals surface area contributed by atoms with Gasteiger partial charge in [0.15, 0.2) is 0 Å². The fourth-order valence-corrected chi connectivity index (χ4v) is 4.10. The number of nitrogens with zero attached hydrogens (tertiary/aromatic N) is 4. The zero-order valence-electron chi connectivity index (χ0n) is 16.2. The first-order chi connectivity index (χ1) is 14.0. The number of aryl methyl sites for hydroxylation is 1. The molecule has 2 aromatic heterocycles. The first-order valence-corrected chi connectivity index (χ1v) is 10.6. The number of nitrogens with one attached hydrogen (secondary N) is 1. The van der Waals surface area contributed by atoms with Gasteiger partial charge in [-0.2, -0.15) is 13.2 Å². The number of halogens is 3. The Balaban J connectivity index is 1.41. The Bertz CT molecular complexity index is 926. The molecule has 3 aromatic rings. The van der Waals surface area contributed by atoms with Crippen molar-refractivity contribution in [2.75, 3.05) is 12.8 Å². The van der Waals surface area contributed by atoms with Gasteiger partial charge in [0.05, 0.1) is 16.8 Å². The third kappa shape index (κ3) is 6.17. The van der Waals surface area contributed by atoms with E-state index in [0.29, 0.717) is 5.52 Å². The lowest BCUT2D eigenvalue weighted by Crippen LogP contribution is -2.05.